The molecule has 64 heavy (non-hydrogen) atoms. The highest BCUT2D eigenvalue weighted by Crippen LogP contribution is 2.59. The molecule has 1 aliphatic carbocycles. The van der Waals surface area contributed by atoms with Gasteiger partial charge in [0.1, 0.15) is 0 Å². The van der Waals surface area contributed by atoms with Crippen LogP contribution in [0.3, 0.4) is 0 Å². The van der Waals surface area contributed by atoms with E-state index in [0.29, 0.717) is 0 Å². The van der Waals surface area contributed by atoms with Crippen molar-refractivity contribution in [3.05, 3.63) is 259 Å². The molecule has 300 valence electrons. The maximum absolute atomic E-state index is 2.49. The van der Waals surface area contributed by atoms with Crippen LogP contribution in [0.1, 0.15) is 22.3 Å². The van der Waals surface area contributed by atoms with E-state index in [0.717, 1.165) is 17.1 Å². The zero-order valence-electron chi connectivity index (χ0n) is 34.8. The average molecular weight is 850 g/mol. The number of anilines is 3. The van der Waals surface area contributed by atoms with Gasteiger partial charge in [0, 0.05) is 57.3 Å². The van der Waals surface area contributed by atoms with Gasteiger partial charge in [-0.2, -0.15) is 0 Å². The number of thiophene rings is 2. The maximum atomic E-state index is 2.49. The van der Waals surface area contributed by atoms with Crippen molar-refractivity contribution in [2.24, 2.45) is 0 Å². The second kappa shape index (κ2) is 14.8. The van der Waals surface area contributed by atoms with Crippen molar-refractivity contribution in [1.29, 1.82) is 0 Å². The Morgan fingerprint density at radius 3 is 1.44 bits per heavy atom. The van der Waals surface area contributed by atoms with Crippen LogP contribution in [0.4, 0.5) is 17.1 Å². The standard InChI is InChI=1S/C61H39NS2/c1-3-14-44(15-4-1)61(45-16-5-2-6-17-45)53-21-10-7-20-50(53)60-54(61)22-13-23-55(60)62(47-35-37-59-52(39-47)49-19-9-12-25-57(49)64-59)46-33-30-41(31-34-46)40-26-28-42(29-27-40)43-32-36-58-51(38-43)48-18-8-11-24-56(48)63-58/h1-39H. The van der Waals surface area contributed by atoms with Gasteiger partial charge in [-0.05, 0) is 111 Å². The van der Waals surface area contributed by atoms with Gasteiger partial charge in [0.05, 0.1) is 11.1 Å². The highest BCUT2D eigenvalue weighted by atomic mass is 32.1. The Labute approximate surface area is 380 Å². The number of hydrogen-bond donors (Lipinski definition) is 0. The molecular weight excluding hydrogens is 811 g/mol. The molecule has 0 radical (unpaired) electrons. The highest BCUT2D eigenvalue weighted by Gasteiger charge is 2.47. The summed E-state index contributed by atoms with van der Waals surface area (Å²) in [5.41, 5.74) is 15.4. The molecule has 0 N–H and O–H groups in total. The Bertz CT molecular complexity index is 3670. The van der Waals surface area contributed by atoms with Crippen molar-refractivity contribution >= 4 is 80.1 Å². The summed E-state index contributed by atoms with van der Waals surface area (Å²) in [6.45, 7) is 0. The quantitative estimate of drug-likeness (QED) is 0.154. The average Bonchev–Trinajstić information content (AvgIpc) is 4.03. The smallest absolute Gasteiger partial charge is 0.0714 e. The van der Waals surface area contributed by atoms with Gasteiger partial charge in [-0.1, -0.05) is 176 Å². The molecule has 0 amide bonds. The molecular formula is C61H39NS2. The summed E-state index contributed by atoms with van der Waals surface area (Å²) in [5.74, 6) is 0. The Morgan fingerprint density at radius 1 is 0.312 bits per heavy atom. The van der Waals surface area contributed by atoms with E-state index in [1.54, 1.807) is 0 Å². The predicted octanol–water partition coefficient (Wildman–Crippen LogP) is 17.6. The Kier molecular flexibility index (Phi) is 8.55. The molecule has 0 spiro atoms. The van der Waals surface area contributed by atoms with Crippen LogP contribution < -0.4 is 4.90 Å². The summed E-state index contributed by atoms with van der Waals surface area (Å²) in [7, 11) is 0. The summed E-state index contributed by atoms with van der Waals surface area (Å²) in [4.78, 5) is 2.49. The van der Waals surface area contributed by atoms with Crippen LogP contribution in [0.25, 0.3) is 73.7 Å². The molecule has 0 atom stereocenters. The van der Waals surface area contributed by atoms with Gasteiger partial charge >= 0.3 is 0 Å². The fourth-order valence-corrected chi connectivity index (χ4v) is 12.7. The largest absolute Gasteiger partial charge is 0.310 e. The van der Waals surface area contributed by atoms with E-state index in [9.17, 15) is 0 Å². The van der Waals surface area contributed by atoms with Crippen molar-refractivity contribution in [3.8, 4) is 33.4 Å². The molecule has 0 saturated heterocycles. The Balaban J connectivity index is 0.963. The van der Waals surface area contributed by atoms with E-state index in [4.69, 9.17) is 0 Å². The van der Waals surface area contributed by atoms with Gasteiger partial charge in [0.2, 0.25) is 0 Å². The van der Waals surface area contributed by atoms with Gasteiger partial charge in [-0.15, -0.1) is 22.7 Å². The van der Waals surface area contributed by atoms with E-state index in [1.165, 1.54) is 96.0 Å². The summed E-state index contributed by atoms with van der Waals surface area (Å²) in [6.07, 6.45) is 0. The maximum Gasteiger partial charge on any atom is 0.0714 e. The minimum atomic E-state index is -0.497. The zero-order chi connectivity index (χ0) is 42.2. The van der Waals surface area contributed by atoms with E-state index in [-0.39, 0.29) is 0 Å². The van der Waals surface area contributed by atoms with E-state index < -0.39 is 5.41 Å². The third kappa shape index (κ3) is 5.68. The van der Waals surface area contributed by atoms with Gasteiger partial charge in [-0.3, -0.25) is 0 Å². The molecule has 13 rings (SSSR count). The molecule has 1 aliphatic rings. The third-order valence-electron chi connectivity index (χ3n) is 13.4. The monoisotopic (exact) mass is 849 g/mol. The summed E-state index contributed by atoms with van der Waals surface area (Å²) >= 11 is 3.73. The Morgan fingerprint density at radius 2 is 0.781 bits per heavy atom. The lowest BCUT2D eigenvalue weighted by Gasteiger charge is -2.34. The first-order valence-corrected chi connectivity index (χ1v) is 23.5. The number of benzene rings is 10. The van der Waals surface area contributed by atoms with Gasteiger partial charge in [0.25, 0.3) is 0 Å². The lowest BCUT2D eigenvalue weighted by Crippen LogP contribution is -2.28. The van der Waals surface area contributed by atoms with Crippen LogP contribution in [0.5, 0.6) is 0 Å². The molecule has 0 fully saturated rings. The first kappa shape index (κ1) is 37.0. The van der Waals surface area contributed by atoms with Crippen LogP contribution in [-0.4, -0.2) is 0 Å². The van der Waals surface area contributed by atoms with E-state index in [2.05, 4.69) is 241 Å². The van der Waals surface area contributed by atoms with Crippen molar-refractivity contribution in [3.63, 3.8) is 0 Å². The van der Waals surface area contributed by atoms with Gasteiger partial charge < -0.3 is 4.90 Å². The van der Waals surface area contributed by atoms with Crippen LogP contribution in [0.15, 0.2) is 237 Å². The molecule has 0 saturated carbocycles. The number of rotatable bonds is 7. The first-order valence-electron chi connectivity index (χ1n) is 21.9. The third-order valence-corrected chi connectivity index (χ3v) is 15.7. The summed E-state index contributed by atoms with van der Waals surface area (Å²) in [5, 5.41) is 5.23. The second-order valence-electron chi connectivity index (χ2n) is 16.8. The lowest BCUT2D eigenvalue weighted by atomic mass is 9.68. The number of nitrogens with zero attached hydrogens (tertiary/aromatic N) is 1. The normalized spacial score (nSPS) is 12.8. The van der Waals surface area contributed by atoms with Gasteiger partial charge in [0.15, 0.2) is 0 Å². The van der Waals surface area contributed by atoms with Gasteiger partial charge in [-0.25, -0.2) is 0 Å². The predicted molar refractivity (Wildman–Crippen MR) is 275 cm³/mol. The fraction of sp³-hybridized carbons (Fsp3) is 0.0164. The SMILES string of the molecule is c1ccc(C2(c3ccccc3)c3ccccc3-c3c(N(c4ccc(-c5ccc(-c6ccc7sc8ccccc8c7c6)cc5)cc4)c4ccc5sc6ccccc6c5c4)cccc32)cc1. The summed E-state index contributed by atoms with van der Waals surface area (Å²) in [6, 6.07) is 87.8. The first-order chi connectivity index (χ1) is 31.7. The molecule has 10 aromatic carbocycles. The minimum absolute atomic E-state index is 0.497. The minimum Gasteiger partial charge on any atom is -0.310 e. The lowest BCUT2D eigenvalue weighted by molar-refractivity contribution is 0.768. The van der Waals surface area contributed by atoms with Crippen molar-refractivity contribution in [2.45, 2.75) is 5.41 Å². The van der Waals surface area contributed by atoms with Crippen LogP contribution in [0.2, 0.25) is 0 Å². The van der Waals surface area contributed by atoms with Crippen LogP contribution in [-0.2, 0) is 5.41 Å². The van der Waals surface area contributed by atoms with Crippen LogP contribution in [0, 0.1) is 0 Å². The molecule has 12 aromatic rings. The van der Waals surface area contributed by atoms with Crippen molar-refractivity contribution in [2.75, 3.05) is 4.90 Å². The zero-order valence-corrected chi connectivity index (χ0v) is 36.4. The fourth-order valence-electron chi connectivity index (χ4n) is 10.5. The molecule has 2 heterocycles. The number of fused-ring (bicyclic) bond motifs is 9. The number of hydrogen-bond acceptors (Lipinski definition) is 3. The molecule has 3 heteroatoms. The molecule has 0 unspecified atom stereocenters. The molecule has 2 aromatic heterocycles. The van der Waals surface area contributed by atoms with E-state index >= 15 is 0 Å². The van der Waals surface area contributed by atoms with Crippen LogP contribution >= 0.6 is 22.7 Å². The van der Waals surface area contributed by atoms with Crippen molar-refractivity contribution < 1.29 is 0 Å². The molecule has 1 nitrogen and oxygen atoms in total. The van der Waals surface area contributed by atoms with E-state index in [1.807, 2.05) is 22.7 Å². The Hall–Kier alpha value is -7.56. The molecule has 0 aliphatic heterocycles. The summed E-state index contributed by atoms with van der Waals surface area (Å²) < 4.78 is 5.27. The topological polar surface area (TPSA) is 3.24 Å². The second-order valence-corrected chi connectivity index (χ2v) is 18.9. The molecule has 0 bridgehead atoms. The van der Waals surface area contributed by atoms with Crippen molar-refractivity contribution in [1.82, 2.24) is 0 Å². The highest BCUT2D eigenvalue weighted by molar-refractivity contribution is 7.26.